The number of hydrogen-bond donors (Lipinski definition) is 0. The fourth-order valence-corrected chi connectivity index (χ4v) is 3.30. The Bertz CT molecular complexity index is 713. The molecule has 1 aliphatic rings. The van der Waals surface area contributed by atoms with Crippen LogP contribution in [0.25, 0.3) is 11.4 Å². The van der Waals surface area contributed by atoms with Crippen molar-refractivity contribution in [3.63, 3.8) is 0 Å². The summed E-state index contributed by atoms with van der Waals surface area (Å²) >= 11 is 0. The lowest BCUT2D eigenvalue weighted by Crippen LogP contribution is -2.35. The van der Waals surface area contributed by atoms with Crippen molar-refractivity contribution in [1.29, 1.82) is 0 Å². The minimum Gasteiger partial charge on any atom is -0.305 e. The van der Waals surface area contributed by atoms with Crippen LogP contribution < -0.4 is 0 Å². The minimum absolute atomic E-state index is 0.341. The average molecular weight is 367 g/mol. The molecule has 0 radical (unpaired) electrons. The predicted molar refractivity (Wildman–Crippen MR) is 93.7 cm³/mol. The van der Waals surface area contributed by atoms with Crippen molar-refractivity contribution in [1.82, 2.24) is 24.6 Å². The van der Waals surface area contributed by atoms with E-state index in [1.54, 1.807) is 12.1 Å². The van der Waals surface area contributed by atoms with Crippen LogP contribution in [0.1, 0.15) is 12.2 Å². The summed E-state index contributed by atoms with van der Waals surface area (Å²) in [6.45, 7) is 1.58. The lowest BCUT2D eigenvalue weighted by molar-refractivity contribution is -0.143. The number of halogens is 3. The third-order valence-corrected chi connectivity index (χ3v) is 4.79. The first-order valence-corrected chi connectivity index (χ1v) is 8.76. The number of nitrogens with zero attached hydrogens (tertiary/aromatic N) is 5. The Morgan fingerprint density at radius 3 is 2.58 bits per heavy atom. The summed E-state index contributed by atoms with van der Waals surface area (Å²) in [4.78, 5) is 8.86. The van der Waals surface area contributed by atoms with E-state index in [4.69, 9.17) is 0 Å². The van der Waals surface area contributed by atoms with Gasteiger partial charge >= 0.3 is 6.18 Å². The Kier molecular flexibility index (Phi) is 5.62. The summed E-state index contributed by atoms with van der Waals surface area (Å²) in [5.41, 5.74) is 0.723. The van der Waals surface area contributed by atoms with E-state index < -0.39 is 12.7 Å². The summed E-state index contributed by atoms with van der Waals surface area (Å²) in [6, 6.07) is 9.54. The highest BCUT2D eigenvalue weighted by Gasteiger charge is 2.31. The molecule has 142 valence electrons. The van der Waals surface area contributed by atoms with Gasteiger partial charge in [-0.2, -0.15) is 18.3 Å². The van der Waals surface area contributed by atoms with Crippen molar-refractivity contribution in [2.75, 3.05) is 33.7 Å². The van der Waals surface area contributed by atoms with Crippen LogP contribution in [-0.2, 0) is 13.0 Å². The van der Waals surface area contributed by atoms with E-state index in [0.717, 1.165) is 29.8 Å². The monoisotopic (exact) mass is 367 g/mol. The second kappa shape index (κ2) is 7.75. The van der Waals surface area contributed by atoms with Crippen molar-refractivity contribution in [3.05, 3.63) is 36.2 Å². The zero-order chi connectivity index (χ0) is 18.7. The lowest BCUT2D eigenvalue weighted by atomic mass is 10.2. The van der Waals surface area contributed by atoms with Crippen LogP contribution >= 0.6 is 0 Å². The van der Waals surface area contributed by atoms with Gasteiger partial charge < -0.3 is 9.80 Å². The molecule has 1 fully saturated rings. The third-order valence-electron chi connectivity index (χ3n) is 4.79. The van der Waals surface area contributed by atoms with Crippen LogP contribution in [0.3, 0.4) is 0 Å². The van der Waals surface area contributed by atoms with Gasteiger partial charge in [-0.3, -0.25) is 0 Å². The van der Waals surface area contributed by atoms with Gasteiger partial charge in [0.15, 0.2) is 5.82 Å². The molecule has 0 N–H and O–H groups in total. The molecule has 0 saturated carbocycles. The fourth-order valence-electron chi connectivity index (χ4n) is 3.30. The minimum atomic E-state index is -4.32. The van der Waals surface area contributed by atoms with Crippen molar-refractivity contribution >= 4 is 0 Å². The van der Waals surface area contributed by atoms with Crippen LogP contribution in [-0.4, -0.2) is 70.5 Å². The van der Waals surface area contributed by atoms with Gasteiger partial charge in [-0.05, 0) is 27.1 Å². The Hall–Kier alpha value is -1.93. The van der Waals surface area contributed by atoms with Gasteiger partial charge in [-0.15, -0.1) is 0 Å². The maximum Gasteiger partial charge on any atom is 0.408 e. The van der Waals surface area contributed by atoms with Gasteiger partial charge in [0.25, 0.3) is 0 Å². The molecule has 0 amide bonds. The normalized spacial score (nSPS) is 18.8. The quantitative estimate of drug-likeness (QED) is 0.787. The number of benzene rings is 1. The molecule has 0 spiro atoms. The maximum atomic E-state index is 12.9. The molecule has 2 aromatic rings. The average Bonchev–Trinajstić information content (AvgIpc) is 3.18. The van der Waals surface area contributed by atoms with E-state index in [9.17, 15) is 13.2 Å². The second-order valence-corrected chi connectivity index (χ2v) is 6.93. The van der Waals surface area contributed by atoms with E-state index in [1.807, 2.05) is 25.2 Å². The summed E-state index contributed by atoms with van der Waals surface area (Å²) in [5, 5.41) is 4.11. The van der Waals surface area contributed by atoms with E-state index in [2.05, 4.69) is 26.9 Å². The van der Waals surface area contributed by atoms with Crippen LogP contribution in [0.4, 0.5) is 13.2 Å². The Morgan fingerprint density at radius 1 is 1.23 bits per heavy atom. The smallest absolute Gasteiger partial charge is 0.305 e. The van der Waals surface area contributed by atoms with Crippen molar-refractivity contribution in [3.8, 4) is 11.4 Å². The third kappa shape index (κ3) is 4.82. The maximum absolute atomic E-state index is 12.9. The van der Waals surface area contributed by atoms with Gasteiger partial charge in [-0.25, -0.2) is 9.67 Å². The highest BCUT2D eigenvalue weighted by Crippen LogP contribution is 2.21. The van der Waals surface area contributed by atoms with Gasteiger partial charge in [0, 0.05) is 31.1 Å². The second-order valence-electron chi connectivity index (χ2n) is 6.93. The van der Waals surface area contributed by atoms with Crippen LogP contribution in [0.2, 0.25) is 0 Å². The molecular formula is C18H24F3N5. The van der Waals surface area contributed by atoms with Crippen LogP contribution in [0.5, 0.6) is 0 Å². The highest BCUT2D eigenvalue weighted by atomic mass is 19.4. The standard InChI is InChI=1S/C18H24F3N5/c1-24-10-8-15(12-24)25(2)11-9-16-22-17(14-6-4-3-5-7-14)23-26(16)13-18(19,20)21/h3-7,15H,8-13H2,1-2H3/t15-/m0/s1. The molecule has 3 rings (SSSR count). The molecule has 26 heavy (non-hydrogen) atoms. The summed E-state index contributed by atoms with van der Waals surface area (Å²) in [5.74, 6) is 0.715. The molecular weight excluding hydrogens is 343 g/mol. The Balaban J connectivity index is 1.74. The van der Waals surface area contributed by atoms with Gasteiger partial charge in [0.1, 0.15) is 12.4 Å². The SMILES string of the molecule is CN1CC[C@H](N(C)CCc2nc(-c3ccccc3)nn2CC(F)(F)F)C1. The van der Waals surface area contributed by atoms with Crippen molar-refractivity contribution in [2.45, 2.75) is 31.6 Å². The number of rotatable bonds is 6. The summed E-state index contributed by atoms with van der Waals surface area (Å²) in [6.07, 6.45) is -2.80. The largest absolute Gasteiger partial charge is 0.408 e. The van der Waals surface area contributed by atoms with Crippen LogP contribution in [0, 0.1) is 0 Å². The first kappa shape index (κ1) is 18.8. The molecule has 2 heterocycles. The van der Waals surface area contributed by atoms with Gasteiger partial charge in [0.2, 0.25) is 0 Å². The number of likely N-dealkylation sites (N-methyl/N-ethyl adjacent to an activating group) is 2. The molecule has 1 aliphatic heterocycles. The highest BCUT2D eigenvalue weighted by molar-refractivity contribution is 5.54. The zero-order valence-electron chi connectivity index (χ0n) is 15.1. The molecule has 5 nitrogen and oxygen atoms in total. The first-order valence-electron chi connectivity index (χ1n) is 8.76. The lowest BCUT2D eigenvalue weighted by Gasteiger charge is -2.23. The summed E-state index contributed by atoms with van der Waals surface area (Å²) < 4.78 is 39.7. The van der Waals surface area contributed by atoms with Gasteiger partial charge in [-0.1, -0.05) is 30.3 Å². The van der Waals surface area contributed by atoms with Crippen molar-refractivity contribution in [2.24, 2.45) is 0 Å². The van der Waals surface area contributed by atoms with Gasteiger partial charge in [0.05, 0.1) is 0 Å². The fraction of sp³-hybridized carbons (Fsp3) is 0.556. The predicted octanol–water partition coefficient (Wildman–Crippen LogP) is 2.69. The van der Waals surface area contributed by atoms with Crippen molar-refractivity contribution < 1.29 is 13.2 Å². The number of hydrogen-bond acceptors (Lipinski definition) is 4. The Morgan fingerprint density at radius 2 is 1.96 bits per heavy atom. The van der Waals surface area contributed by atoms with E-state index in [1.165, 1.54) is 0 Å². The van der Waals surface area contributed by atoms with E-state index >= 15 is 0 Å². The van der Waals surface area contributed by atoms with Crippen LogP contribution in [0.15, 0.2) is 30.3 Å². The van der Waals surface area contributed by atoms with E-state index in [0.29, 0.717) is 30.7 Å². The topological polar surface area (TPSA) is 37.2 Å². The Labute approximate surface area is 151 Å². The molecule has 1 atom stereocenters. The molecule has 0 aliphatic carbocycles. The molecule has 8 heteroatoms. The molecule has 0 unspecified atom stereocenters. The zero-order valence-corrected chi connectivity index (χ0v) is 15.1. The molecule has 1 aromatic carbocycles. The number of aromatic nitrogens is 3. The molecule has 0 bridgehead atoms. The summed E-state index contributed by atoms with van der Waals surface area (Å²) in [7, 11) is 4.10. The molecule has 1 aromatic heterocycles. The molecule has 1 saturated heterocycles. The first-order chi connectivity index (χ1) is 12.3. The number of likely N-dealkylation sites (tertiary alicyclic amines) is 1. The number of alkyl halides is 3. The van der Waals surface area contributed by atoms with E-state index in [-0.39, 0.29) is 0 Å².